The number of hydrogen-bond donors (Lipinski definition) is 1. The largest absolute Gasteiger partial charge is 0.496 e. The summed E-state index contributed by atoms with van der Waals surface area (Å²) >= 11 is 1.62. The van der Waals surface area contributed by atoms with Gasteiger partial charge in [0.2, 0.25) is 5.91 Å². The van der Waals surface area contributed by atoms with Gasteiger partial charge in [-0.25, -0.2) is 4.79 Å². The van der Waals surface area contributed by atoms with Crippen molar-refractivity contribution in [1.29, 1.82) is 0 Å². The van der Waals surface area contributed by atoms with Crippen molar-refractivity contribution in [2.75, 3.05) is 33.5 Å². The summed E-state index contributed by atoms with van der Waals surface area (Å²) in [5.74, 6) is 0.801. The van der Waals surface area contributed by atoms with Gasteiger partial charge >= 0.3 is 6.03 Å². The fourth-order valence-electron chi connectivity index (χ4n) is 3.07. The first-order valence-corrected chi connectivity index (χ1v) is 10.2. The molecule has 1 fully saturated rings. The van der Waals surface area contributed by atoms with E-state index in [-0.39, 0.29) is 11.9 Å². The van der Waals surface area contributed by atoms with Crippen LogP contribution in [-0.4, -0.2) is 61.3 Å². The number of piperidine rings is 1. The maximum Gasteiger partial charge on any atom is 0.318 e. The van der Waals surface area contributed by atoms with Gasteiger partial charge in [0, 0.05) is 31.6 Å². The summed E-state index contributed by atoms with van der Waals surface area (Å²) in [6.45, 7) is 3.77. The number of carbonyl (C=O) groups is 2. The number of urea groups is 1. The van der Waals surface area contributed by atoms with Crippen molar-refractivity contribution in [2.45, 2.75) is 43.7 Å². The van der Waals surface area contributed by atoms with Crippen LogP contribution >= 0.6 is 11.8 Å². The highest BCUT2D eigenvalue weighted by molar-refractivity contribution is 7.98. The van der Waals surface area contributed by atoms with E-state index in [2.05, 4.69) is 5.32 Å². The molecule has 0 spiro atoms. The second kappa shape index (κ2) is 9.71. The summed E-state index contributed by atoms with van der Waals surface area (Å²) in [6.07, 6.45) is 5.25. The lowest BCUT2D eigenvalue weighted by atomic mass is 10.1. The van der Waals surface area contributed by atoms with E-state index in [0.717, 1.165) is 42.1 Å². The number of nitrogens with one attached hydrogen (secondary N) is 1. The Hall–Kier alpha value is -1.89. The minimum atomic E-state index is -0.517. The van der Waals surface area contributed by atoms with Crippen LogP contribution in [-0.2, 0) is 11.3 Å². The van der Waals surface area contributed by atoms with E-state index in [1.165, 1.54) is 6.42 Å². The molecule has 1 N–H and O–H groups in total. The van der Waals surface area contributed by atoms with Crippen LogP contribution in [0.4, 0.5) is 4.79 Å². The Morgan fingerprint density at radius 3 is 2.62 bits per heavy atom. The maximum atomic E-state index is 12.4. The van der Waals surface area contributed by atoms with Gasteiger partial charge in [-0.3, -0.25) is 4.79 Å². The number of hydrogen-bond acceptors (Lipinski definition) is 4. The SMILES string of the molecule is COc1cc(CN(C)C(=O)N[C@@H](C)C(=O)N2CCCCC2)ccc1SC. The van der Waals surface area contributed by atoms with Crippen molar-refractivity contribution in [3.05, 3.63) is 23.8 Å². The highest BCUT2D eigenvalue weighted by Crippen LogP contribution is 2.28. The van der Waals surface area contributed by atoms with Gasteiger partial charge in [0.1, 0.15) is 11.8 Å². The first-order valence-electron chi connectivity index (χ1n) is 8.97. The normalized spacial score (nSPS) is 15.3. The predicted molar refractivity (Wildman–Crippen MR) is 105 cm³/mol. The zero-order valence-corrected chi connectivity index (χ0v) is 16.9. The quantitative estimate of drug-likeness (QED) is 0.772. The molecule has 3 amide bonds. The molecule has 1 saturated heterocycles. The zero-order chi connectivity index (χ0) is 19.1. The number of amides is 3. The first-order chi connectivity index (χ1) is 12.5. The van der Waals surface area contributed by atoms with Gasteiger partial charge in [0.25, 0.3) is 0 Å². The molecular formula is C19H29N3O3S. The molecule has 0 bridgehead atoms. The van der Waals surface area contributed by atoms with Gasteiger partial charge in [-0.05, 0) is 50.1 Å². The van der Waals surface area contributed by atoms with Gasteiger partial charge in [-0.1, -0.05) is 6.07 Å². The van der Waals surface area contributed by atoms with E-state index in [0.29, 0.717) is 6.54 Å². The highest BCUT2D eigenvalue weighted by atomic mass is 32.2. The van der Waals surface area contributed by atoms with E-state index in [4.69, 9.17) is 4.74 Å². The summed E-state index contributed by atoms with van der Waals surface area (Å²) in [6, 6.07) is 5.15. The zero-order valence-electron chi connectivity index (χ0n) is 16.1. The van der Waals surface area contributed by atoms with Crippen LogP contribution in [0.1, 0.15) is 31.7 Å². The van der Waals surface area contributed by atoms with E-state index in [1.54, 1.807) is 37.7 Å². The molecule has 144 valence electrons. The van der Waals surface area contributed by atoms with Crippen LogP contribution in [0.25, 0.3) is 0 Å². The molecule has 7 heteroatoms. The van der Waals surface area contributed by atoms with Gasteiger partial charge in [0.05, 0.1) is 7.11 Å². The van der Waals surface area contributed by atoms with Crippen LogP contribution in [0.5, 0.6) is 5.75 Å². The molecule has 0 aromatic heterocycles. The van der Waals surface area contributed by atoms with Crippen LogP contribution in [0.2, 0.25) is 0 Å². The van der Waals surface area contributed by atoms with Crippen LogP contribution in [0.3, 0.4) is 0 Å². The Balaban J connectivity index is 1.91. The number of nitrogens with zero attached hydrogens (tertiary/aromatic N) is 2. The third-order valence-electron chi connectivity index (χ3n) is 4.59. The van der Waals surface area contributed by atoms with Crippen LogP contribution in [0.15, 0.2) is 23.1 Å². The monoisotopic (exact) mass is 379 g/mol. The van der Waals surface area contributed by atoms with Gasteiger partial charge < -0.3 is 19.9 Å². The average molecular weight is 380 g/mol. The Morgan fingerprint density at radius 1 is 1.31 bits per heavy atom. The molecule has 1 aromatic rings. The summed E-state index contributed by atoms with van der Waals surface area (Å²) in [5, 5.41) is 2.81. The fraction of sp³-hybridized carbons (Fsp3) is 0.579. The number of carbonyl (C=O) groups excluding carboxylic acids is 2. The topological polar surface area (TPSA) is 61.9 Å². The van der Waals surface area contributed by atoms with Crippen molar-refractivity contribution in [3.8, 4) is 5.75 Å². The van der Waals surface area contributed by atoms with Gasteiger partial charge in [0.15, 0.2) is 0 Å². The standard InChI is InChI=1S/C19H29N3O3S/c1-14(18(23)22-10-6-5-7-11-22)20-19(24)21(2)13-15-8-9-17(26-4)16(12-15)25-3/h8-9,12,14H,5-7,10-11,13H2,1-4H3,(H,20,24)/t14-/m0/s1. The van der Waals surface area contributed by atoms with E-state index < -0.39 is 6.04 Å². The highest BCUT2D eigenvalue weighted by Gasteiger charge is 2.24. The Bertz CT molecular complexity index is 632. The van der Waals surface area contributed by atoms with Crippen LogP contribution < -0.4 is 10.1 Å². The molecule has 1 aliphatic heterocycles. The lowest BCUT2D eigenvalue weighted by Crippen LogP contribution is -2.51. The number of rotatable bonds is 6. The number of benzene rings is 1. The number of likely N-dealkylation sites (tertiary alicyclic amines) is 1. The van der Waals surface area contributed by atoms with Gasteiger partial charge in [-0.15, -0.1) is 11.8 Å². The number of methoxy groups -OCH3 is 1. The Labute approximate surface area is 160 Å². The molecule has 1 aromatic carbocycles. The summed E-state index contributed by atoms with van der Waals surface area (Å²) in [5.41, 5.74) is 0.979. The minimum Gasteiger partial charge on any atom is -0.496 e. The minimum absolute atomic E-state index is 0.00237. The summed E-state index contributed by atoms with van der Waals surface area (Å²) in [4.78, 5) is 29.4. The molecule has 0 saturated carbocycles. The van der Waals surface area contributed by atoms with Crippen molar-refractivity contribution in [3.63, 3.8) is 0 Å². The van der Waals surface area contributed by atoms with E-state index >= 15 is 0 Å². The molecule has 26 heavy (non-hydrogen) atoms. The van der Waals surface area contributed by atoms with Gasteiger partial charge in [-0.2, -0.15) is 0 Å². The summed E-state index contributed by atoms with van der Waals surface area (Å²) in [7, 11) is 3.37. The van der Waals surface area contributed by atoms with Crippen LogP contribution in [0, 0.1) is 0 Å². The van der Waals surface area contributed by atoms with E-state index in [9.17, 15) is 9.59 Å². The van der Waals surface area contributed by atoms with Crippen molar-refractivity contribution >= 4 is 23.7 Å². The second-order valence-corrected chi connectivity index (χ2v) is 7.45. The van der Waals surface area contributed by atoms with Crippen molar-refractivity contribution < 1.29 is 14.3 Å². The smallest absolute Gasteiger partial charge is 0.318 e. The first kappa shape index (κ1) is 20.4. The molecule has 0 radical (unpaired) electrons. The third kappa shape index (κ3) is 5.30. The number of thioether (sulfide) groups is 1. The Kier molecular flexibility index (Phi) is 7.63. The average Bonchev–Trinajstić information content (AvgIpc) is 2.67. The molecule has 2 rings (SSSR count). The molecule has 0 unspecified atom stereocenters. The Morgan fingerprint density at radius 2 is 2.00 bits per heavy atom. The molecule has 0 aliphatic carbocycles. The predicted octanol–water partition coefficient (Wildman–Crippen LogP) is 2.96. The number of ether oxygens (including phenoxy) is 1. The lowest BCUT2D eigenvalue weighted by Gasteiger charge is -2.30. The molecular weight excluding hydrogens is 350 g/mol. The summed E-state index contributed by atoms with van der Waals surface area (Å²) < 4.78 is 5.39. The molecule has 1 atom stereocenters. The van der Waals surface area contributed by atoms with E-state index in [1.807, 2.05) is 29.4 Å². The molecule has 1 aliphatic rings. The fourth-order valence-corrected chi connectivity index (χ4v) is 3.62. The molecule has 6 nitrogen and oxygen atoms in total. The second-order valence-electron chi connectivity index (χ2n) is 6.60. The van der Waals surface area contributed by atoms with Crippen molar-refractivity contribution in [1.82, 2.24) is 15.1 Å². The third-order valence-corrected chi connectivity index (χ3v) is 5.37. The molecule has 1 heterocycles. The maximum absolute atomic E-state index is 12.4. The lowest BCUT2D eigenvalue weighted by molar-refractivity contribution is -0.133. The van der Waals surface area contributed by atoms with Crippen molar-refractivity contribution in [2.24, 2.45) is 0 Å².